The summed E-state index contributed by atoms with van der Waals surface area (Å²) >= 11 is 12.1. The Hall–Kier alpha value is -2.31. The first-order valence-electron chi connectivity index (χ1n) is 8.43. The van der Waals surface area contributed by atoms with E-state index in [2.05, 4.69) is 5.32 Å². The number of carbonyl (C=O) groups is 2. The molecule has 0 radical (unpaired) electrons. The summed E-state index contributed by atoms with van der Waals surface area (Å²) in [4.78, 5) is 28.2. The van der Waals surface area contributed by atoms with Crippen LogP contribution in [0.3, 0.4) is 0 Å². The smallest absolute Gasteiger partial charge is 0.322 e. The molecular weight excluding hydrogens is 392 g/mol. The molecule has 2 aromatic rings. The number of benzene rings is 2. The summed E-state index contributed by atoms with van der Waals surface area (Å²) in [5.74, 6) is -0.678. The number of hydrogen-bond donors (Lipinski definition) is 1. The second kappa shape index (κ2) is 8.15. The molecule has 8 heteroatoms. The molecule has 1 saturated heterocycles. The van der Waals surface area contributed by atoms with Gasteiger partial charge in [-0.3, -0.25) is 4.79 Å². The summed E-state index contributed by atoms with van der Waals surface area (Å²) in [7, 11) is 0. The van der Waals surface area contributed by atoms with Crippen LogP contribution < -0.4 is 5.32 Å². The van der Waals surface area contributed by atoms with Crippen LogP contribution in [-0.2, 0) is 0 Å². The molecule has 3 amide bonds. The van der Waals surface area contributed by atoms with Crippen molar-refractivity contribution >= 4 is 40.8 Å². The van der Waals surface area contributed by atoms with E-state index in [1.165, 1.54) is 6.07 Å². The number of anilines is 1. The maximum absolute atomic E-state index is 14.0. The van der Waals surface area contributed by atoms with Crippen molar-refractivity contribution in [2.75, 3.05) is 31.5 Å². The van der Waals surface area contributed by atoms with Crippen LogP contribution in [0.2, 0.25) is 10.0 Å². The normalized spacial score (nSPS) is 14.2. The summed E-state index contributed by atoms with van der Waals surface area (Å²) in [6.07, 6.45) is 0. The predicted molar refractivity (Wildman–Crippen MR) is 104 cm³/mol. The predicted octanol–water partition coefficient (Wildman–Crippen LogP) is 4.43. The average molecular weight is 410 g/mol. The van der Waals surface area contributed by atoms with Gasteiger partial charge in [-0.1, -0.05) is 41.4 Å². The molecule has 5 nitrogen and oxygen atoms in total. The fourth-order valence-corrected chi connectivity index (χ4v) is 3.27. The Morgan fingerprint density at radius 2 is 1.63 bits per heavy atom. The number of rotatable bonds is 2. The van der Waals surface area contributed by atoms with Gasteiger partial charge in [-0.15, -0.1) is 0 Å². The van der Waals surface area contributed by atoms with Gasteiger partial charge in [0.1, 0.15) is 5.82 Å². The fraction of sp³-hybridized carbons (Fsp3) is 0.263. The minimum absolute atomic E-state index is 0.143. The zero-order chi connectivity index (χ0) is 19.6. The zero-order valence-corrected chi connectivity index (χ0v) is 16.1. The van der Waals surface area contributed by atoms with E-state index < -0.39 is 11.8 Å². The summed E-state index contributed by atoms with van der Waals surface area (Å²) < 4.78 is 14.0. The molecule has 0 aliphatic carbocycles. The number of hydrogen-bond acceptors (Lipinski definition) is 2. The van der Waals surface area contributed by atoms with Crippen LogP contribution in [-0.4, -0.2) is 47.9 Å². The minimum Gasteiger partial charge on any atom is -0.335 e. The lowest BCUT2D eigenvalue weighted by Gasteiger charge is -2.35. The van der Waals surface area contributed by atoms with Gasteiger partial charge in [0.2, 0.25) is 0 Å². The highest BCUT2D eigenvalue weighted by Gasteiger charge is 2.26. The lowest BCUT2D eigenvalue weighted by Crippen LogP contribution is -2.51. The molecule has 0 bridgehead atoms. The molecule has 0 atom stereocenters. The number of nitrogens with zero attached hydrogens (tertiary/aromatic N) is 2. The van der Waals surface area contributed by atoms with E-state index in [4.69, 9.17) is 23.2 Å². The van der Waals surface area contributed by atoms with E-state index in [0.717, 1.165) is 0 Å². The number of urea groups is 1. The van der Waals surface area contributed by atoms with Crippen molar-refractivity contribution < 1.29 is 14.0 Å². The van der Waals surface area contributed by atoms with Gasteiger partial charge >= 0.3 is 6.03 Å². The number of piperazine rings is 1. The van der Waals surface area contributed by atoms with Gasteiger partial charge in [0.15, 0.2) is 0 Å². The van der Waals surface area contributed by atoms with Crippen LogP contribution in [0.15, 0.2) is 36.4 Å². The van der Waals surface area contributed by atoms with E-state index >= 15 is 0 Å². The van der Waals surface area contributed by atoms with Gasteiger partial charge in [-0.2, -0.15) is 0 Å². The van der Waals surface area contributed by atoms with Gasteiger partial charge < -0.3 is 15.1 Å². The zero-order valence-electron chi connectivity index (χ0n) is 14.6. The first-order valence-corrected chi connectivity index (χ1v) is 9.18. The monoisotopic (exact) mass is 409 g/mol. The van der Waals surface area contributed by atoms with E-state index in [1.807, 2.05) is 0 Å². The van der Waals surface area contributed by atoms with Gasteiger partial charge in [0.25, 0.3) is 5.91 Å². The molecule has 0 spiro atoms. The number of aryl methyl sites for hydroxylation is 1. The lowest BCUT2D eigenvalue weighted by molar-refractivity contribution is 0.0672. The minimum atomic E-state index is -0.449. The summed E-state index contributed by atoms with van der Waals surface area (Å²) in [6, 6.07) is 9.34. The SMILES string of the molecule is Cc1cccc(NC(=O)N2CCN(C(=O)c3cccc(Cl)c3Cl)CC2)c1F. The third-order valence-electron chi connectivity index (χ3n) is 4.47. The third-order valence-corrected chi connectivity index (χ3v) is 5.29. The Kier molecular flexibility index (Phi) is 5.87. The molecule has 1 aliphatic rings. The number of halogens is 3. The number of amides is 3. The van der Waals surface area contributed by atoms with Crippen molar-refractivity contribution in [3.63, 3.8) is 0 Å². The maximum Gasteiger partial charge on any atom is 0.322 e. The summed E-state index contributed by atoms with van der Waals surface area (Å²) in [6.45, 7) is 3.01. The summed E-state index contributed by atoms with van der Waals surface area (Å²) in [5, 5.41) is 3.12. The first kappa shape index (κ1) is 19.5. The lowest BCUT2D eigenvalue weighted by atomic mass is 10.2. The van der Waals surface area contributed by atoms with E-state index in [-0.39, 0.29) is 16.6 Å². The number of carbonyl (C=O) groups excluding carboxylic acids is 2. The van der Waals surface area contributed by atoms with Crippen molar-refractivity contribution in [1.82, 2.24) is 9.80 Å². The molecule has 1 N–H and O–H groups in total. The molecule has 142 valence electrons. The standard InChI is InChI=1S/C19H18Cl2FN3O2/c1-12-4-2-7-15(17(12)22)23-19(27)25-10-8-24(9-11-25)18(26)13-5-3-6-14(20)16(13)21/h2-7H,8-11H2,1H3,(H,23,27). The molecular formula is C19H18Cl2FN3O2. The maximum atomic E-state index is 14.0. The van der Waals surface area contributed by atoms with Crippen LogP contribution in [0.5, 0.6) is 0 Å². The quantitative estimate of drug-likeness (QED) is 0.797. The van der Waals surface area contributed by atoms with Crippen molar-refractivity contribution in [3.05, 3.63) is 63.4 Å². The van der Waals surface area contributed by atoms with E-state index in [9.17, 15) is 14.0 Å². The second-order valence-electron chi connectivity index (χ2n) is 6.25. The van der Waals surface area contributed by atoms with Crippen molar-refractivity contribution in [2.45, 2.75) is 6.92 Å². The topological polar surface area (TPSA) is 52.7 Å². The highest BCUT2D eigenvalue weighted by atomic mass is 35.5. The van der Waals surface area contributed by atoms with Crippen LogP contribution in [0.1, 0.15) is 15.9 Å². The van der Waals surface area contributed by atoms with Gasteiger partial charge in [-0.05, 0) is 30.7 Å². The average Bonchev–Trinajstić information content (AvgIpc) is 2.67. The molecule has 3 rings (SSSR count). The first-order chi connectivity index (χ1) is 12.9. The largest absolute Gasteiger partial charge is 0.335 e. The molecule has 1 aliphatic heterocycles. The van der Waals surface area contributed by atoms with Gasteiger partial charge in [-0.25, -0.2) is 9.18 Å². The Morgan fingerprint density at radius 3 is 2.33 bits per heavy atom. The molecule has 0 saturated carbocycles. The number of nitrogens with one attached hydrogen (secondary N) is 1. The Morgan fingerprint density at radius 1 is 1.00 bits per heavy atom. The Labute approximate surface area is 166 Å². The highest BCUT2D eigenvalue weighted by Crippen LogP contribution is 2.27. The van der Waals surface area contributed by atoms with Gasteiger partial charge in [0.05, 0.1) is 21.3 Å². The molecule has 1 fully saturated rings. The van der Waals surface area contributed by atoms with Crippen molar-refractivity contribution in [3.8, 4) is 0 Å². The molecule has 2 aromatic carbocycles. The van der Waals surface area contributed by atoms with E-state index in [1.54, 1.807) is 47.1 Å². The molecule has 0 unspecified atom stereocenters. The third kappa shape index (κ3) is 4.17. The Balaban J connectivity index is 1.61. The molecule has 1 heterocycles. The highest BCUT2D eigenvalue weighted by molar-refractivity contribution is 6.43. The van der Waals surface area contributed by atoms with Gasteiger partial charge in [0, 0.05) is 26.2 Å². The van der Waals surface area contributed by atoms with Crippen LogP contribution >= 0.6 is 23.2 Å². The van der Waals surface area contributed by atoms with Crippen molar-refractivity contribution in [1.29, 1.82) is 0 Å². The second-order valence-corrected chi connectivity index (χ2v) is 7.03. The van der Waals surface area contributed by atoms with Crippen molar-refractivity contribution in [2.24, 2.45) is 0 Å². The Bertz CT molecular complexity index is 883. The fourth-order valence-electron chi connectivity index (χ4n) is 2.89. The van der Waals surface area contributed by atoms with E-state index in [0.29, 0.717) is 42.3 Å². The van der Waals surface area contributed by atoms with Crippen LogP contribution in [0.25, 0.3) is 0 Å². The van der Waals surface area contributed by atoms with Crippen LogP contribution in [0.4, 0.5) is 14.9 Å². The van der Waals surface area contributed by atoms with Crippen LogP contribution in [0, 0.1) is 12.7 Å². The summed E-state index contributed by atoms with van der Waals surface area (Å²) in [5.41, 5.74) is 0.940. The molecule has 0 aromatic heterocycles. The molecule has 27 heavy (non-hydrogen) atoms.